The molecule has 8 heteroatoms. The summed E-state index contributed by atoms with van der Waals surface area (Å²) in [4.78, 5) is 0.151. The van der Waals surface area contributed by atoms with E-state index in [-0.39, 0.29) is 10.7 Å². The van der Waals surface area contributed by atoms with E-state index < -0.39 is 10.0 Å². The number of anilines is 1. The minimum absolute atomic E-state index is 0.151. The first-order valence-corrected chi connectivity index (χ1v) is 8.95. The average Bonchev–Trinajstić information content (AvgIpc) is 2.81. The third-order valence-corrected chi connectivity index (χ3v) is 5.69. The molecule has 5 nitrogen and oxygen atoms in total. The lowest BCUT2D eigenvalue weighted by Gasteiger charge is -2.08. The van der Waals surface area contributed by atoms with Crippen LogP contribution in [0, 0.1) is 0 Å². The van der Waals surface area contributed by atoms with Gasteiger partial charge in [0, 0.05) is 14.3 Å². The lowest BCUT2D eigenvalue weighted by Crippen LogP contribution is -2.14. The van der Waals surface area contributed by atoms with Crippen LogP contribution < -0.4 is 4.72 Å². The standard InChI is InChI=1S/C13H9Br2N3O2S/c14-8-5-6-12(10(15)7-8)21(19,20)18-13-9-3-1-2-4-11(9)16-17-13/h1-7H,(H2,16,17,18). The topological polar surface area (TPSA) is 74.8 Å². The Labute approximate surface area is 138 Å². The summed E-state index contributed by atoms with van der Waals surface area (Å²) in [7, 11) is -3.72. The molecule has 2 N–H and O–H groups in total. The van der Waals surface area contributed by atoms with Gasteiger partial charge in [0.05, 0.1) is 5.52 Å². The zero-order valence-corrected chi connectivity index (χ0v) is 14.5. The van der Waals surface area contributed by atoms with Crippen molar-refractivity contribution in [3.63, 3.8) is 0 Å². The van der Waals surface area contributed by atoms with Crippen molar-refractivity contribution in [2.24, 2.45) is 0 Å². The van der Waals surface area contributed by atoms with Gasteiger partial charge in [-0.15, -0.1) is 0 Å². The first-order valence-electron chi connectivity index (χ1n) is 5.88. The highest BCUT2D eigenvalue weighted by molar-refractivity contribution is 9.11. The Kier molecular flexibility index (Phi) is 3.76. The van der Waals surface area contributed by atoms with Gasteiger partial charge in [0.25, 0.3) is 10.0 Å². The number of halogens is 2. The third kappa shape index (κ3) is 2.83. The largest absolute Gasteiger partial charge is 0.276 e. The maximum atomic E-state index is 12.5. The monoisotopic (exact) mass is 429 g/mol. The molecule has 108 valence electrons. The van der Waals surface area contributed by atoms with Crippen LogP contribution in [0.15, 0.2) is 56.3 Å². The van der Waals surface area contributed by atoms with Gasteiger partial charge in [-0.1, -0.05) is 28.1 Å². The van der Waals surface area contributed by atoms with Gasteiger partial charge in [-0.3, -0.25) is 9.82 Å². The molecule has 21 heavy (non-hydrogen) atoms. The van der Waals surface area contributed by atoms with Crippen molar-refractivity contribution in [2.45, 2.75) is 4.90 Å². The summed E-state index contributed by atoms with van der Waals surface area (Å²) in [5.41, 5.74) is 0.769. The number of sulfonamides is 1. The predicted octanol–water partition coefficient (Wildman–Crippen LogP) is 3.89. The number of nitrogens with one attached hydrogen (secondary N) is 2. The Morgan fingerprint density at radius 1 is 1.10 bits per heavy atom. The van der Waals surface area contributed by atoms with Crippen LogP contribution in [0.4, 0.5) is 5.82 Å². The number of para-hydroxylation sites is 1. The van der Waals surface area contributed by atoms with Gasteiger partial charge in [0.1, 0.15) is 4.90 Å². The van der Waals surface area contributed by atoms with Gasteiger partial charge < -0.3 is 0 Å². The third-order valence-electron chi connectivity index (χ3n) is 2.88. The summed E-state index contributed by atoms with van der Waals surface area (Å²) in [5.74, 6) is 0.278. The first kappa shape index (κ1) is 14.6. The van der Waals surface area contributed by atoms with Gasteiger partial charge in [0.15, 0.2) is 5.82 Å². The average molecular weight is 431 g/mol. The zero-order chi connectivity index (χ0) is 15.0. The Hall–Kier alpha value is -1.38. The number of nitrogens with zero attached hydrogens (tertiary/aromatic N) is 1. The second kappa shape index (κ2) is 5.43. The summed E-state index contributed by atoms with van der Waals surface area (Å²) in [5, 5.41) is 7.52. The van der Waals surface area contributed by atoms with Crippen LogP contribution in [-0.2, 0) is 10.0 Å². The van der Waals surface area contributed by atoms with Crippen molar-refractivity contribution in [3.8, 4) is 0 Å². The molecule has 3 aromatic rings. The molecule has 0 aliphatic heterocycles. The molecule has 2 aromatic carbocycles. The van der Waals surface area contributed by atoms with E-state index in [1.165, 1.54) is 6.07 Å². The molecule has 0 saturated heterocycles. The number of hydrogen-bond acceptors (Lipinski definition) is 3. The predicted molar refractivity (Wildman–Crippen MR) is 88.7 cm³/mol. The number of aromatic nitrogens is 2. The molecule has 0 bridgehead atoms. The minimum atomic E-state index is -3.72. The van der Waals surface area contributed by atoms with Crippen molar-refractivity contribution in [3.05, 3.63) is 51.4 Å². The number of benzene rings is 2. The van der Waals surface area contributed by atoms with Gasteiger partial charge >= 0.3 is 0 Å². The molecule has 0 saturated carbocycles. The Bertz CT molecular complexity index is 922. The molecule has 1 aromatic heterocycles. The fourth-order valence-corrected chi connectivity index (χ4v) is 4.69. The van der Waals surface area contributed by atoms with Gasteiger partial charge in [-0.25, -0.2) is 8.42 Å². The molecule has 0 radical (unpaired) electrons. The summed E-state index contributed by atoms with van der Waals surface area (Å²) in [6.07, 6.45) is 0. The van der Waals surface area contributed by atoms with E-state index >= 15 is 0 Å². The molecule has 0 aliphatic rings. The van der Waals surface area contributed by atoms with Crippen molar-refractivity contribution < 1.29 is 8.42 Å². The smallest absolute Gasteiger partial charge is 0.264 e. The van der Waals surface area contributed by atoms with Crippen molar-refractivity contribution in [1.29, 1.82) is 0 Å². The fraction of sp³-hybridized carbons (Fsp3) is 0. The number of hydrogen-bond donors (Lipinski definition) is 2. The number of fused-ring (bicyclic) bond motifs is 1. The van der Waals surface area contributed by atoms with E-state index in [1.54, 1.807) is 18.2 Å². The Morgan fingerprint density at radius 2 is 1.86 bits per heavy atom. The lowest BCUT2D eigenvalue weighted by atomic mass is 10.2. The maximum absolute atomic E-state index is 12.5. The second-order valence-corrected chi connectivity index (χ2v) is 7.72. The lowest BCUT2D eigenvalue weighted by molar-refractivity contribution is 0.600. The molecule has 0 unspecified atom stereocenters. The molecular weight excluding hydrogens is 422 g/mol. The van der Waals surface area contributed by atoms with Gasteiger partial charge in [0.2, 0.25) is 0 Å². The summed E-state index contributed by atoms with van der Waals surface area (Å²) >= 11 is 6.55. The van der Waals surface area contributed by atoms with Crippen LogP contribution in [0.3, 0.4) is 0 Å². The highest BCUT2D eigenvalue weighted by Gasteiger charge is 2.20. The summed E-state index contributed by atoms with van der Waals surface area (Å²) < 4.78 is 28.7. The normalized spacial score (nSPS) is 11.7. The number of rotatable bonds is 3. The zero-order valence-electron chi connectivity index (χ0n) is 10.5. The molecule has 0 spiro atoms. The van der Waals surface area contributed by atoms with Crippen molar-refractivity contribution in [2.75, 3.05) is 4.72 Å². The molecule has 3 rings (SSSR count). The molecular formula is C13H9Br2N3O2S. The SMILES string of the molecule is O=S(=O)(Nc1n[nH]c2ccccc12)c1ccc(Br)cc1Br. The van der Waals surface area contributed by atoms with Crippen LogP contribution in [0.1, 0.15) is 0 Å². The second-order valence-electron chi connectivity index (χ2n) is 4.30. The van der Waals surface area contributed by atoms with Crippen molar-refractivity contribution in [1.82, 2.24) is 10.2 Å². The number of H-pyrrole nitrogens is 1. The minimum Gasteiger partial charge on any atom is -0.276 e. The summed E-state index contributed by atoms with van der Waals surface area (Å²) in [6.45, 7) is 0. The highest BCUT2D eigenvalue weighted by Crippen LogP contribution is 2.28. The number of aromatic amines is 1. The molecule has 0 amide bonds. The van der Waals surface area contributed by atoms with Gasteiger partial charge in [-0.2, -0.15) is 5.10 Å². The molecule has 0 fully saturated rings. The summed E-state index contributed by atoms with van der Waals surface area (Å²) in [6, 6.07) is 12.2. The van der Waals surface area contributed by atoms with Gasteiger partial charge in [-0.05, 0) is 46.3 Å². The van der Waals surface area contributed by atoms with E-state index in [4.69, 9.17) is 0 Å². The van der Waals surface area contributed by atoms with E-state index in [1.807, 2.05) is 18.2 Å². The molecule has 0 atom stereocenters. The first-order chi connectivity index (χ1) is 9.97. The van der Waals surface area contributed by atoms with Crippen LogP contribution in [0.2, 0.25) is 0 Å². The van der Waals surface area contributed by atoms with Crippen LogP contribution >= 0.6 is 31.9 Å². The van der Waals surface area contributed by atoms with E-state index in [2.05, 4.69) is 46.8 Å². The van der Waals surface area contributed by atoms with Crippen LogP contribution in [-0.4, -0.2) is 18.6 Å². The molecule has 0 aliphatic carbocycles. The van der Waals surface area contributed by atoms with E-state index in [0.717, 1.165) is 9.99 Å². The fourth-order valence-electron chi connectivity index (χ4n) is 1.92. The highest BCUT2D eigenvalue weighted by atomic mass is 79.9. The molecule has 1 heterocycles. The Morgan fingerprint density at radius 3 is 2.62 bits per heavy atom. The van der Waals surface area contributed by atoms with E-state index in [9.17, 15) is 8.42 Å². The van der Waals surface area contributed by atoms with Crippen molar-refractivity contribution >= 4 is 58.6 Å². The van der Waals surface area contributed by atoms with Crippen LogP contribution in [0.5, 0.6) is 0 Å². The Balaban J connectivity index is 2.03. The quantitative estimate of drug-likeness (QED) is 0.661. The van der Waals surface area contributed by atoms with E-state index in [0.29, 0.717) is 9.86 Å². The maximum Gasteiger partial charge on any atom is 0.264 e. The van der Waals surface area contributed by atoms with Crippen LogP contribution in [0.25, 0.3) is 10.9 Å².